The Morgan fingerprint density at radius 3 is 2.63 bits per heavy atom. The summed E-state index contributed by atoms with van der Waals surface area (Å²) < 4.78 is 9.03. The monoisotopic (exact) mass is 499 g/mol. The van der Waals surface area contributed by atoms with E-state index in [1.807, 2.05) is 17.8 Å². The van der Waals surface area contributed by atoms with Crippen LogP contribution in [0.2, 0.25) is 0 Å². The number of hydrogen-bond acceptors (Lipinski definition) is 4. The first-order chi connectivity index (χ1) is 16.6. The summed E-state index contributed by atoms with van der Waals surface area (Å²) in [5, 5.41) is 0.893. The zero-order chi connectivity index (χ0) is 24.6. The number of amides is 1. The molecule has 1 saturated heterocycles. The summed E-state index contributed by atoms with van der Waals surface area (Å²) in [6, 6.07) is 0. The average molecular weight is 500 g/mol. The van der Waals surface area contributed by atoms with Crippen LogP contribution in [0.15, 0.2) is 17.6 Å². The molecule has 6 rings (SSSR count). The fourth-order valence-electron chi connectivity index (χ4n) is 9.91. The standard InChI is InChI=1S/C29H45N3O2S/c1-26(2)32(24(33)18-35-25-30-16-17-31(25)5)19-29(34-26)15-12-23-21-10-9-20-8-6-7-13-27(20,3)22(21)11-14-28(23,29)4/h16-17,20-23H,6-15,18-19H2,1-5H3/t20-,21+,22-,23-,27+,28+,29-/m1/s1. The summed E-state index contributed by atoms with van der Waals surface area (Å²) in [6.45, 7) is 10.2. The molecule has 2 heterocycles. The van der Waals surface area contributed by atoms with Gasteiger partial charge in [-0.2, -0.15) is 0 Å². The Morgan fingerprint density at radius 1 is 1.06 bits per heavy atom. The number of thioether (sulfide) groups is 1. The Bertz CT molecular complexity index is 992. The van der Waals surface area contributed by atoms with Crippen LogP contribution in [-0.2, 0) is 16.6 Å². The molecule has 1 spiro atoms. The molecule has 4 aliphatic carbocycles. The van der Waals surface area contributed by atoms with Gasteiger partial charge in [-0.15, -0.1) is 0 Å². The molecule has 1 aromatic rings. The zero-order valence-electron chi connectivity index (χ0n) is 22.5. The van der Waals surface area contributed by atoms with E-state index in [0.717, 1.165) is 41.8 Å². The van der Waals surface area contributed by atoms with E-state index in [4.69, 9.17) is 4.74 Å². The first-order valence-corrected chi connectivity index (χ1v) is 15.2. The van der Waals surface area contributed by atoms with E-state index in [-0.39, 0.29) is 16.9 Å². The molecule has 0 unspecified atom stereocenters. The van der Waals surface area contributed by atoms with E-state index in [1.54, 1.807) is 6.20 Å². The van der Waals surface area contributed by atoms with Crippen LogP contribution in [0.1, 0.15) is 91.9 Å². The second-order valence-corrected chi connectivity index (χ2v) is 14.5. The molecule has 0 aromatic carbocycles. The first-order valence-electron chi connectivity index (χ1n) is 14.2. The minimum Gasteiger partial charge on any atom is -0.347 e. The van der Waals surface area contributed by atoms with Crippen LogP contribution < -0.4 is 0 Å². The van der Waals surface area contributed by atoms with Gasteiger partial charge in [0.25, 0.3) is 0 Å². The van der Waals surface area contributed by atoms with E-state index >= 15 is 0 Å². The van der Waals surface area contributed by atoms with Crippen molar-refractivity contribution < 1.29 is 9.53 Å². The fourth-order valence-corrected chi connectivity index (χ4v) is 10.7. The Balaban J connectivity index is 1.22. The minimum atomic E-state index is -0.555. The Hall–Kier alpha value is -1.01. The number of hydrogen-bond donors (Lipinski definition) is 0. The molecular weight excluding hydrogens is 454 g/mol. The molecule has 5 fully saturated rings. The van der Waals surface area contributed by atoms with Crippen molar-refractivity contribution in [1.29, 1.82) is 0 Å². The molecule has 5 aliphatic rings. The number of ether oxygens (including phenoxy) is 1. The number of carbonyl (C=O) groups excluding carboxylic acids is 1. The van der Waals surface area contributed by atoms with Gasteiger partial charge in [-0.25, -0.2) is 4.98 Å². The lowest BCUT2D eigenvalue weighted by Crippen LogP contribution is -2.57. The molecule has 4 saturated carbocycles. The number of rotatable bonds is 3. The molecule has 5 nitrogen and oxygen atoms in total. The summed E-state index contributed by atoms with van der Waals surface area (Å²) in [4.78, 5) is 19.9. The van der Waals surface area contributed by atoms with Crippen LogP contribution in [-0.4, -0.2) is 44.0 Å². The SMILES string of the molecule is Cn1ccnc1SCC(=O)N1C[C@@]2(CC[C@@H]3[C@H]4CC[C@H]5CCCC[C@]5(C)[C@@H]4CC[C@@]32C)OC1(C)C. The van der Waals surface area contributed by atoms with Crippen molar-refractivity contribution in [2.45, 2.75) is 108 Å². The second-order valence-electron chi connectivity index (χ2n) is 13.5. The van der Waals surface area contributed by atoms with Gasteiger partial charge in [0.1, 0.15) is 5.72 Å². The topological polar surface area (TPSA) is 47.4 Å². The summed E-state index contributed by atoms with van der Waals surface area (Å²) in [7, 11) is 1.98. The smallest absolute Gasteiger partial charge is 0.235 e. The maximum Gasteiger partial charge on any atom is 0.235 e. The Kier molecular flexibility index (Phi) is 5.73. The highest BCUT2D eigenvalue weighted by molar-refractivity contribution is 7.99. The van der Waals surface area contributed by atoms with Gasteiger partial charge in [0.05, 0.1) is 17.9 Å². The fraction of sp³-hybridized carbons (Fsp3) is 0.862. The van der Waals surface area contributed by atoms with E-state index in [0.29, 0.717) is 11.2 Å². The van der Waals surface area contributed by atoms with Crippen molar-refractivity contribution in [3.63, 3.8) is 0 Å². The first kappa shape index (κ1) is 24.3. The molecule has 0 radical (unpaired) electrons. The molecule has 7 atom stereocenters. The van der Waals surface area contributed by atoms with Gasteiger partial charge in [0, 0.05) is 24.9 Å². The highest BCUT2D eigenvalue weighted by Gasteiger charge is 2.69. The molecule has 6 heteroatoms. The average Bonchev–Trinajstić information content (AvgIpc) is 3.44. The number of imidazole rings is 1. The predicted molar refractivity (Wildman–Crippen MR) is 140 cm³/mol. The molecule has 1 amide bonds. The molecule has 0 bridgehead atoms. The van der Waals surface area contributed by atoms with Crippen molar-refractivity contribution >= 4 is 17.7 Å². The maximum atomic E-state index is 13.5. The van der Waals surface area contributed by atoms with Gasteiger partial charge >= 0.3 is 0 Å². The van der Waals surface area contributed by atoms with Gasteiger partial charge in [-0.1, -0.05) is 38.5 Å². The highest BCUT2D eigenvalue weighted by atomic mass is 32.2. The Labute approximate surface area is 216 Å². The Morgan fingerprint density at radius 2 is 1.86 bits per heavy atom. The molecule has 1 aliphatic heterocycles. The van der Waals surface area contributed by atoms with Gasteiger partial charge in [0.15, 0.2) is 5.16 Å². The van der Waals surface area contributed by atoms with E-state index in [1.165, 1.54) is 69.5 Å². The third kappa shape index (κ3) is 3.51. The highest BCUT2D eigenvalue weighted by Crippen LogP contribution is 2.70. The number of nitrogens with zero attached hydrogens (tertiary/aromatic N) is 3. The molecule has 0 N–H and O–H groups in total. The van der Waals surface area contributed by atoms with Crippen molar-refractivity contribution in [3.8, 4) is 0 Å². The number of carbonyl (C=O) groups is 1. The summed E-state index contributed by atoms with van der Waals surface area (Å²) >= 11 is 1.53. The van der Waals surface area contributed by atoms with Crippen LogP contribution in [0.5, 0.6) is 0 Å². The summed E-state index contributed by atoms with van der Waals surface area (Å²) in [5.41, 5.74) is -0.00948. The summed E-state index contributed by atoms with van der Waals surface area (Å²) in [6.07, 6.45) is 17.4. The van der Waals surface area contributed by atoms with Crippen molar-refractivity contribution in [1.82, 2.24) is 14.5 Å². The lowest BCUT2D eigenvalue weighted by Gasteiger charge is -2.61. The van der Waals surface area contributed by atoms with Gasteiger partial charge in [-0.05, 0) is 94.3 Å². The molecular formula is C29H45N3O2S. The molecule has 194 valence electrons. The second kappa shape index (κ2) is 8.24. The number of fused-ring (bicyclic) bond motifs is 6. The van der Waals surface area contributed by atoms with Crippen LogP contribution in [0.4, 0.5) is 0 Å². The van der Waals surface area contributed by atoms with Crippen molar-refractivity contribution in [2.24, 2.45) is 41.5 Å². The predicted octanol–water partition coefficient (Wildman–Crippen LogP) is 6.28. The number of aromatic nitrogens is 2. The third-order valence-electron chi connectivity index (χ3n) is 11.8. The minimum absolute atomic E-state index is 0.172. The van der Waals surface area contributed by atoms with Gasteiger partial charge in [0.2, 0.25) is 5.91 Å². The molecule has 35 heavy (non-hydrogen) atoms. The van der Waals surface area contributed by atoms with E-state index < -0.39 is 5.72 Å². The van der Waals surface area contributed by atoms with Crippen LogP contribution in [0.3, 0.4) is 0 Å². The van der Waals surface area contributed by atoms with Crippen LogP contribution in [0.25, 0.3) is 0 Å². The van der Waals surface area contributed by atoms with E-state index in [9.17, 15) is 4.79 Å². The lowest BCUT2D eigenvalue weighted by atomic mass is 9.44. The zero-order valence-corrected chi connectivity index (χ0v) is 23.3. The lowest BCUT2D eigenvalue weighted by molar-refractivity contribution is -0.188. The summed E-state index contributed by atoms with van der Waals surface area (Å²) in [5.74, 6) is 4.05. The van der Waals surface area contributed by atoms with Gasteiger partial charge < -0.3 is 14.2 Å². The number of aryl methyl sites for hydroxylation is 1. The largest absolute Gasteiger partial charge is 0.347 e. The van der Waals surface area contributed by atoms with Crippen molar-refractivity contribution in [3.05, 3.63) is 12.4 Å². The maximum absolute atomic E-state index is 13.5. The quantitative estimate of drug-likeness (QED) is 0.459. The molecule has 1 aromatic heterocycles. The van der Waals surface area contributed by atoms with Crippen LogP contribution in [0, 0.1) is 34.5 Å². The van der Waals surface area contributed by atoms with Crippen LogP contribution >= 0.6 is 11.8 Å². The third-order valence-corrected chi connectivity index (χ3v) is 12.8. The normalized spacial score (nSPS) is 44.2. The van der Waals surface area contributed by atoms with Gasteiger partial charge in [-0.3, -0.25) is 4.79 Å². The van der Waals surface area contributed by atoms with Crippen molar-refractivity contribution in [2.75, 3.05) is 12.3 Å². The van der Waals surface area contributed by atoms with E-state index in [2.05, 4.69) is 37.6 Å².